The highest BCUT2D eigenvalue weighted by Crippen LogP contribution is 2.17. The zero-order valence-electron chi connectivity index (χ0n) is 11.3. The number of rotatable bonds is 2. The summed E-state index contributed by atoms with van der Waals surface area (Å²) < 4.78 is 5.17. The summed E-state index contributed by atoms with van der Waals surface area (Å²) in [5.41, 5.74) is 0.852. The molecule has 4 nitrogen and oxygen atoms in total. The second-order valence-corrected chi connectivity index (χ2v) is 5.33. The van der Waals surface area contributed by atoms with Gasteiger partial charge < -0.3 is 9.42 Å². The van der Waals surface area contributed by atoms with Crippen LogP contribution in [0, 0.1) is 0 Å². The minimum Gasteiger partial charge on any atom is -0.351 e. The van der Waals surface area contributed by atoms with Crippen molar-refractivity contribution < 1.29 is 9.32 Å². The van der Waals surface area contributed by atoms with Gasteiger partial charge in [-0.1, -0.05) is 38.3 Å². The van der Waals surface area contributed by atoms with Gasteiger partial charge in [0.05, 0.1) is 5.69 Å². The molecule has 0 aromatic carbocycles. The molecule has 2 heterocycles. The molecule has 1 aliphatic heterocycles. The van der Waals surface area contributed by atoms with Crippen LogP contribution >= 0.6 is 0 Å². The van der Waals surface area contributed by atoms with Gasteiger partial charge in [-0.3, -0.25) is 4.79 Å². The van der Waals surface area contributed by atoms with Crippen LogP contribution in [0.15, 0.2) is 10.6 Å². The molecule has 0 spiro atoms. The number of nitrogens with zero attached hydrogens (tertiary/aromatic N) is 2. The normalized spacial score (nSPS) is 17.6. The Kier molecular flexibility index (Phi) is 4.39. The molecule has 2 rings (SSSR count). The highest BCUT2D eigenvalue weighted by atomic mass is 16.5. The van der Waals surface area contributed by atoms with Crippen molar-refractivity contribution in [1.29, 1.82) is 0 Å². The number of carbonyl (C=O) groups excluding carboxylic acids is 1. The Hall–Kier alpha value is -1.32. The average molecular weight is 250 g/mol. The highest BCUT2D eigenvalue weighted by Gasteiger charge is 2.21. The van der Waals surface area contributed by atoms with E-state index in [-0.39, 0.29) is 5.91 Å². The van der Waals surface area contributed by atoms with E-state index in [1.807, 2.05) is 18.7 Å². The number of hydrogen-bond donors (Lipinski definition) is 0. The minimum atomic E-state index is -0.00343. The first-order valence-corrected chi connectivity index (χ1v) is 6.94. The van der Waals surface area contributed by atoms with Crippen LogP contribution in [0.1, 0.15) is 68.1 Å². The molecule has 0 unspecified atom stereocenters. The number of likely N-dealkylation sites (tertiary alicyclic amines) is 1. The van der Waals surface area contributed by atoms with Crippen LogP contribution in [0.25, 0.3) is 0 Å². The van der Waals surface area contributed by atoms with Crippen molar-refractivity contribution in [3.05, 3.63) is 17.5 Å². The maximum atomic E-state index is 12.3. The lowest BCUT2D eigenvalue weighted by Gasteiger charge is -2.23. The molecule has 0 bridgehead atoms. The Bertz CT molecular complexity index is 390. The van der Waals surface area contributed by atoms with E-state index in [9.17, 15) is 4.79 Å². The van der Waals surface area contributed by atoms with E-state index >= 15 is 0 Å². The molecule has 1 aromatic heterocycles. The van der Waals surface area contributed by atoms with Crippen molar-refractivity contribution in [2.75, 3.05) is 13.1 Å². The molecule has 0 radical (unpaired) electrons. The lowest BCUT2D eigenvalue weighted by Crippen LogP contribution is -2.33. The van der Waals surface area contributed by atoms with E-state index < -0.39 is 0 Å². The second kappa shape index (κ2) is 6.03. The van der Waals surface area contributed by atoms with Crippen molar-refractivity contribution in [2.45, 2.75) is 51.9 Å². The summed E-state index contributed by atoms with van der Waals surface area (Å²) >= 11 is 0. The lowest BCUT2D eigenvalue weighted by atomic mass is 10.1. The van der Waals surface area contributed by atoms with E-state index in [1.54, 1.807) is 6.07 Å². The molecule has 1 aliphatic rings. The largest absolute Gasteiger partial charge is 0.351 e. The molecule has 1 fully saturated rings. The van der Waals surface area contributed by atoms with Gasteiger partial charge in [0.25, 0.3) is 5.91 Å². The molecule has 1 aromatic rings. The number of hydrogen-bond acceptors (Lipinski definition) is 3. The lowest BCUT2D eigenvalue weighted by molar-refractivity contribution is 0.0700. The van der Waals surface area contributed by atoms with Gasteiger partial charge in [0.1, 0.15) is 0 Å². The van der Waals surface area contributed by atoms with Gasteiger partial charge in [-0.05, 0) is 18.8 Å². The maximum Gasteiger partial charge on any atom is 0.292 e. The van der Waals surface area contributed by atoms with Gasteiger partial charge in [-0.2, -0.15) is 0 Å². The highest BCUT2D eigenvalue weighted by molar-refractivity contribution is 5.91. The van der Waals surface area contributed by atoms with Crippen LogP contribution in [0.2, 0.25) is 0 Å². The second-order valence-electron chi connectivity index (χ2n) is 5.33. The third kappa shape index (κ3) is 3.12. The fourth-order valence-corrected chi connectivity index (χ4v) is 2.27. The Morgan fingerprint density at radius 3 is 2.39 bits per heavy atom. The Balaban J connectivity index is 2.03. The van der Waals surface area contributed by atoms with Gasteiger partial charge in [0.15, 0.2) is 0 Å². The van der Waals surface area contributed by atoms with Crippen molar-refractivity contribution in [1.82, 2.24) is 10.1 Å². The standard InChI is InChI=1S/C14H22N2O2/c1-11(2)12-10-13(18-15-12)14(17)16-8-6-4-3-5-7-9-16/h10-11H,3-9H2,1-2H3. The van der Waals surface area contributed by atoms with Crippen molar-refractivity contribution in [3.63, 3.8) is 0 Å². The van der Waals surface area contributed by atoms with Gasteiger partial charge in [-0.25, -0.2) is 0 Å². The number of carbonyl (C=O) groups is 1. The van der Waals surface area contributed by atoms with Crippen LogP contribution in [-0.2, 0) is 0 Å². The molecule has 4 heteroatoms. The zero-order chi connectivity index (χ0) is 13.0. The molecular formula is C14H22N2O2. The topological polar surface area (TPSA) is 46.3 Å². The Morgan fingerprint density at radius 2 is 1.83 bits per heavy atom. The quantitative estimate of drug-likeness (QED) is 0.809. The van der Waals surface area contributed by atoms with Crippen LogP contribution < -0.4 is 0 Å². The van der Waals surface area contributed by atoms with Crippen LogP contribution in [0.3, 0.4) is 0 Å². The average Bonchev–Trinajstić information content (AvgIpc) is 2.77. The SMILES string of the molecule is CC(C)c1cc(C(=O)N2CCCCCCC2)on1. The number of amides is 1. The fourth-order valence-electron chi connectivity index (χ4n) is 2.27. The smallest absolute Gasteiger partial charge is 0.292 e. The molecule has 0 atom stereocenters. The van der Waals surface area contributed by atoms with Crippen molar-refractivity contribution >= 4 is 5.91 Å². The van der Waals surface area contributed by atoms with E-state index in [0.717, 1.165) is 31.6 Å². The van der Waals surface area contributed by atoms with Gasteiger partial charge in [0.2, 0.25) is 5.76 Å². The maximum absolute atomic E-state index is 12.3. The fraction of sp³-hybridized carbons (Fsp3) is 0.714. The third-order valence-electron chi connectivity index (χ3n) is 3.47. The van der Waals surface area contributed by atoms with Gasteiger partial charge in [-0.15, -0.1) is 0 Å². The molecule has 1 amide bonds. The van der Waals surface area contributed by atoms with E-state index in [2.05, 4.69) is 5.16 Å². The summed E-state index contributed by atoms with van der Waals surface area (Å²) in [6.45, 7) is 5.78. The predicted molar refractivity (Wildman–Crippen MR) is 69.6 cm³/mol. The first kappa shape index (κ1) is 13.1. The van der Waals surface area contributed by atoms with Crippen LogP contribution in [-0.4, -0.2) is 29.1 Å². The molecule has 100 valence electrons. The number of aromatic nitrogens is 1. The first-order valence-electron chi connectivity index (χ1n) is 6.94. The summed E-state index contributed by atoms with van der Waals surface area (Å²) in [6.07, 6.45) is 5.92. The zero-order valence-corrected chi connectivity index (χ0v) is 11.3. The summed E-state index contributed by atoms with van der Waals surface area (Å²) in [4.78, 5) is 14.2. The van der Waals surface area contributed by atoms with E-state index in [4.69, 9.17) is 4.52 Å². The van der Waals surface area contributed by atoms with Crippen molar-refractivity contribution in [2.24, 2.45) is 0 Å². The van der Waals surface area contributed by atoms with E-state index in [0.29, 0.717) is 11.7 Å². The van der Waals surface area contributed by atoms with Gasteiger partial charge >= 0.3 is 0 Å². The van der Waals surface area contributed by atoms with Crippen LogP contribution in [0.4, 0.5) is 0 Å². The first-order chi connectivity index (χ1) is 8.68. The Labute approximate surface area is 108 Å². The molecule has 0 saturated carbocycles. The monoisotopic (exact) mass is 250 g/mol. The molecular weight excluding hydrogens is 228 g/mol. The Morgan fingerprint density at radius 1 is 1.22 bits per heavy atom. The van der Waals surface area contributed by atoms with E-state index in [1.165, 1.54) is 19.3 Å². The summed E-state index contributed by atoms with van der Waals surface area (Å²) in [6, 6.07) is 1.78. The summed E-state index contributed by atoms with van der Waals surface area (Å²) in [5, 5.41) is 3.95. The summed E-state index contributed by atoms with van der Waals surface area (Å²) in [7, 11) is 0. The molecule has 1 saturated heterocycles. The minimum absolute atomic E-state index is 0.00343. The van der Waals surface area contributed by atoms with Gasteiger partial charge in [0, 0.05) is 19.2 Å². The molecule has 18 heavy (non-hydrogen) atoms. The van der Waals surface area contributed by atoms with Crippen molar-refractivity contribution in [3.8, 4) is 0 Å². The summed E-state index contributed by atoms with van der Waals surface area (Å²) in [5.74, 6) is 0.679. The predicted octanol–water partition coefficient (Wildman–Crippen LogP) is 3.20. The molecule has 0 N–H and O–H groups in total. The third-order valence-corrected chi connectivity index (χ3v) is 3.47. The van der Waals surface area contributed by atoms with Crippen LogP contribution in [0.5, 0.6) is 0 Å². The molecule has 0 aliphatic carbocycles.